The SMILES string of the molecule is C=C(C)[C@@H]1CCC2(CCC(=O)O2)C(I)C1. The summed E-state index contributed by atoms with van der Waals surface area (Å²) >= 11 is 2.45. The van der Waals surface area contributed by atoms with Gasteiger partial charge in [-0.05, 0) is 38.5 Å². The fourth-order valence-electron chi connectivity index (χ4n) is 2.64. The number of rotatable bonds is 1. The van der Waals surface area contributed by atoms with E-state index in [1.165, 1.54) is 5.57 Å². The first-order valence-electron chi connectivity index (χ1n) is 5.55. The lowest BCUT2D eigenvalue weighted by Crippen LogP contribution is -2.43. The van der Waals surface area contributed by atoms with Crippen LogP contribution in [-0.4, -0.2) is 15.5 Å². The van der Waals surface area contributed by atoms with E-state index in [2.05, 4.69) is 36.1 Å². The summed E-state index contributed by atoms with van der Waals surface area (Å²) in [5.74, 6) is 0.613. The van der Waals surface area contributed by atoms with Crippen molar-refractivity contribution in [2.24, 2.45) is 5.92 Å². The molecule has 3 atom stereocenters. The van der Waals surface area contributed by atoms with Crippen LogP contribution in [-0.2, 0) is 9.53 Å². The molecule has 2 fully saturated rings. The summed E-state index contributed by atoms with van der Waals surface area (Å²) in [7, 11) is 0. The minimum Gasteiger partial charge on any atom is -0.458 e. The van der Waals surface area contributed by atoms with Crippen molar-refractivity contribution in [1.82, 2.24) is 0 Å². The van der Waals surface area contributed by atoms with Gasteiger partial charge in [-0.15, -0.1) is 0 Å². The van der Waals surface area contributed by atoms with Crippen molar-refractivity contribution >= 4 is 28.6 Å². The first kappa shape index (κ1) is 11.4. The highest BCUT2D eigenvalue weighted by molar-refractivity contribution is 14.1. The highest BCUT2D eigenvalue weighted by atomic mass is 127. The predicted molar refractivity (Wildman–Crippen MR) is 68.0 cm³/mol. The molecule has 0 aromatic heterocycles. The van der Waals surface area contributed by atoms with E-state index in [1.54, 1.807) is 0 Å². The van der Waals surface area contributed by atoms with Crippen LogP contribution in [0.2, 0.25) is 0 Å². The number of hydrogen-bond donors (Lipinski definition) is 0. The third kappa shape index (κ3) is 2.08. The predicted octanol–water partition coefficient (Wildman–Crippen LogP) is 3.24. The Labute approximate surface area is 105 Å². The van der Waals surface area contributed by atoms with Gasteiger partial charge in [0.1, 0.15) is 5.60 Å². The van der Waals surface area contributed by atoms with Crippen molar-refractivity contribution in [3.8, 4) is 0 Å². The summed E-state index contributed by atoms with van der Waals surface area (Å²) in [6, 6.07) is 0. The summed E-state index contributed by atoms with van der Waals surface area (Å²) in [5.41, 5.74) is 1.14. The maximum absolute atomic E-state index is 11.2. The van der Waals surface area contributed by atoms with Gasteiger partial charge in [0.25, 0.3) is 0 Å². The molecule has 0 radical (unpaired) electrons. The van der Waals surface area contributed by atoms with E-state index in [-0.39, 0.29) is 11.6 Å². The van der Waals surface area contributed by atoms with Gasteiger partial charge in [-0.25, -0.2) is 0 Å². The molecule has 2 unspecified atom stereocenters. The van der Waals surface area contributed by atoms with Crippen molar-refractivity contribution in [3.05, 3.63) is 12.2 Å². The van der Waals surface area contributed by atoms with E-state index in [1.807, 2.05) is 0 Å². The second kappa shape index (κ2) is 4.07. The largest absolute Gasteiger partial charge is 0.458 e. The van der Waals surface area contributed by atoms with Gasteiger partial charge in [-0.1, -0.05) is 34.7 Å². The van der Waals surface area contributed by atoms with E-state index >= 15 is 0 Å². The standard InChI is InChI=1S/C12H17IO2/c1-8(2)9-3-5-12(10(13)7-9)6-4-11(14)15-12/h9-10H,1,3-7H2,2H3/t9-,10?,12?/m1/s1. The maximum Gasteiger partial charge on any atom is 0.306 e. The van der Waals surface area contributed by atoms with Crippen LogP contribution in [0.4, 0.5) is 0 Å². The molecular formula is C12H17IO2. The fraction of sp³-hybridized carbons (Fsp3) is 0.750. The van der Waals surface area contributed by atoms with Crippen LogP contribution in [0.15, 0.2) is 12.2 Å². The van der Waals surface area contributed by atoms with E-state index in [4.69, 9.17) is 4.74 Å². The van der Waals surface area contributed by atoms with Crippen molar-refractivity contribution in [2.45, 2.75) is 48.6 Å². The molecule has 15 heavy (non-hydrogen) atoms. The molecule has 2 aliphatic rings. The molecule has 0 amide bonds. The summed E-state index contributed by atoms with van der Waals surface area (Å²) in [6.07, 6.45) is 4.79. The highest BCUT2D eigenvalue weighted by Gasteiger charge is 2.48. The van der Waals surface area contributed by atoms with Crippen molar-refractivity contribution < 1.29 is 9.53 Å². The number of hydrogen-bond acceptors (Lipinski definition) is 2. The minimum absolute atomic E-state index is 0.00885. The van der Waals surface area contributed by atoms with Crippen LogP contribution in [0.5, 0.6) is 0 Å². The Hall–Kier alpha value is -0.0600. The van der Waals surface area contributed by atoms with Crippen LogP contribution in [0, 0.1) is 5.92 Å². The molecule has 3 heteroatoms. The number of ether oxygens (including phenoxy) is 1. The van der Waals surface area contributed by atoms with Gasteiger partial charge in [-0.3, -0.25) is 4.79 Å². The third-order valence-electron chi connectivity index (χ3n) is 3.74. The summed E-state index contributed by atoms with van der Waals surface area (Å²) in [4.78, 5) is 11.2. The lowest BCUT2D eigenvalue weighted by Gasteiger charge is -2.40. The zero-order chi connectivity index (χ0) is 11.1. The molecule has 1 aliphatic carbocycles. The number of carbonyl (C=O) groups is 1. The van der Waals surface area contributed by atoms with Crippen LogP contribution in [0.1, 0.15) is 39.0 Å². The normalized spacial score (nSPS) is 40.5. The van der Waals surface area contributed by atoms with Gasteiger partial charge >= 0.3 is 5.97 Å². The first-order chi connectivity index (χ1) is 7.03. The van der Waals surface area contributed by atoms with E-state index in [0.29, 0.717) is 16.3 Å². The van der Waals surface area contributed by atoms with Gasteiger partial charge < -0.3 is 4.74 Å². The second-order valence-electron chi connectivity index (χ2n) is 4.82. The Morgan fingerprint density at radius 3 is 2.80 bits per heavy atom. The lowest BCUT2D eigenvalue weighted by atomic mass is 9.75. The summed E-state index contributed by atoms with van der Waals surface area (Å²) in [6.45, 7) is 6.14. The Morgan fingerprint density at radius 2 is 2.33 bits per heavy atom. The molecule has 0 aromatic rings. The molecular weight excluding hydrogens is 303 g/mol. The topological polar surface area (TPSA) is 26.3 Å². The Bertz CT molecular complexity index is 300. The molecule has 0 N–H and O–H groups in total. The van der Waals surface area contributed by atoms with Gasteiger partial charge in [0, 0.05) is 6.42 Å². The van der Waals surface area contributed by atoms with Crippen LogP contribution in [0.25, 0.3) is 0 Å². The van der Waals surface area contributed by atoms with Gasteiger partial charge in [-0.2, -0.15) is 0 Å². The molecule has 2 rings (SSSR count). The number of allylic oxidation sites excluding steroid dienone is 1. The van der Waals surface area contributed by atoms with Gasteiger partial charge in [0.15, 0.2) is 0 Å². The van der Waals surface area contributed by atoms with Crippen molar-refractivity contribution in [2.75, 3.05) is 0 Å². The van der Waals surface area contributed by atoms with E-state index in [0.717, 1.165) is 25.7 Å². The van der Waals surface area contributed by atoms with Crippen LogP contribution >= 0.6 is 22.6 Å². The molecule has 1 spiro atoms. The average Bonchev–Trinajstić information content (AvgIpc) is 2.54. The zero-order valence-corrected chi connectivity index (χ0v) is 11.2. The minimum atomic E-state index is -0.135. The molecule has 1 saturated carbocycles. The summed E-state index contributed by atoms with van der Waals surface area (Å²) in [5, 5.41) is 0. The molecule has 0 aromatic carbocycles. The quantitative estimate of drug-likeness (QED) is 0.321. The van der Waals surface area contributed by atoms with Crippen LogP contribution < -0.4 is 0 Å². The number of esters is 1. The maximum atomic E-state index is 11.2. The van der Waals surface area contributed by atoms with Crippen LogP contribution in [0.3, 0.4) is 0 Å². The smallest absolute Gasteiger partial charge is 0.306 e. The molecule has 84 valence electrons. The summed E-state index contributed by atoms with van der Waals surface area (Å²) < 4.78 is 6.01. The van der Waals surface area contributed by atoms with Crippen molar-refractivity contribution in [3.63, 3.8) is 0 Å². The lowest BCUT2D eigenvalue weighted by molar-refractivity contribution is -0.150. The monoisotopic (exact) mass is 320 g/mol. The molecule has 1 saturated heterocycles. The number of halogens is 1. The Balaban J connectivity index is 2.07. The van der Waals surface area contributed by atoms with E-state index < -0.39 is 0 Å². The molecule has 1 aliphatic heterocycles. The second-order valence-corrected chi connectivity index (χ2v) is 6.33. The molecule has 0 bridgehead atoms. The van der Waals surface area contributed by atoms with Gasteiger partial charge in [0.05, 0.1) is 3.92 Å². The number of carbonyl (C=O) groups excluding carboxylic acids is 1. The molecule has 1 heterocycles. The van der Waals surface area contributed by atoms with Crippen molar-refractivity contribution in [1.29, 1.82) is 0 Å². The third-order valence-corrected chi connectivity index (χ3v) is 5.39. The Kier molecular flexibility index (Phi) is 3.10. The van der Waals surface area contributed by atoms with Gasteiger partial charge in [0.2, 0.25) is 0 Å². The zero-order valence-electron chi connectivity index (χ0n) is 9.09. The average molecular weight is 320 g/mol. The highest BCUT2D eigenvalue weighted by Crippen LogP contribution is 2.46. The van der Waals surface area contributed by atoms with E-state index in [9.17, 15) is 4.79 Å². The first-order valence-corrected chi connectivity index (χ1v) is 6.79. The molecule has 2 nitrogen and oxygen atoms in total. The fourth-order valence-corrected chi connectivity index (χ4v) is 4.01. The number of alkyl halides is 1. The Morgan fingerprint density at radius 1 is 1.60 bits per heavy atom.